The van der Waals surface area contributed by atoms with Gasteiger partial charge in [0, 0.05) is 0 Å². The van der Waals surface area contributed by atoms with Crippen molar-refractivity contribution in [3.05, 3.63) is 0 Å². The summed E-state index contributed by atoms with van der Waals surface area (Å²) in [6.45, 7) is 0. The number of hydrogen-bond donors (Lipinski definition) is 0. The summed E-state index contributed by atoms with van der Waals surface area (Å²) in [6.07, 6.45) is 0. The zero-order chi connectivity index (χ0) is 0. The Kier molecular flexibility index (Phi) is 1570. The molecule has 0 aromatic heterocycles. The Morgan fingerprint density at radius 1 is 0.154 bits per heavy atom. The SMILES string of the molecule is [Cu+].[Cu+].[Cu+].[Cu+].[Cu+].[Cu+].[Cu+].[Cu+].[Ni+2].[Ni+2].[Ni+2].[Ni+2].[Ni+2]. The molecule has 0 atom stereocenters. The molecule has 0 saturated carbocycles. The molecule has 0 aromatic carbocycles. The van der Waals surface area contributed by atoms with Crippen LogP contribution in [0.1, 0.15) is 0 Å². The van der Waals surface area contributed by atoms with Gasteiger partial charge < -0.3 is 0 Å². The van der Waals surface area contributed by atoms with E-state index in [1.165, 1.54) is 0 Å². The fourth-order valence-corrected chi connectivity index (χ4v) is 0. The number of rotatable bonds is 0. The van der Waals surface area contributed by atoms with Crippen molar-refractivity contribution in [3.8, 4) is 0 Å². The smallest absolute Gasteiger partial charge is 1.00 e. The van der Waals surface area contributed by atoms with Crippen molar-refractivity contribution < 1.29 is 219 Å². The minimum absolute atomic E-state index is 0. The van der Waals surface area contributed by atoms with Crippen LogP contribution in [0, 0.1) is 0 Å². The van der Waals surface area contributed by atoms with Crippen molar-refractivity contribution >= 4 is 0 Å². The summed E-state index contributed by atoms with van der Waals surface area (Å²) >= 11 is 0. The van der Waals surface area contributed by atoms with Crippen LogP contribution in [0.5, 0.6) is 0 Å². The Bertz CT molecular complexity index is 12.5. The van der Waals surface area contributed by atoms with Crippen molar-refractivity contribution in [2.45, 2.75) is 0 Å². The van der Waals surface area contributed by atoms with E-state index in [1.54, 1.807) is 0 Å². The van der Waals surface area contributed by atoms with Gasteiger partial charge in [-0.05, 0) is 0 Å². The topological polar surface area (TPSA) is 0 Å². The maximum Gasteiger partial charge on any atom is 2.00 e. The second kappa shape index (κ2) is 132. The first-order chi connectivity index (χ1) is 0. The minimum Gasteiger partial charge on any atom is 1.00 e. The van der Waals surface area contributed by atoms with Crippen LogP contribution in [0.4, 0.5) is 0 Å². The Morgan fingerprint density at radius 2 is 0.154 bits per heavy atom. The van der Waals surface area contributed by atoms with E-state index in [2.05, 4.69) is 0 Å². The van der Waals surface area contributed by atoms with Crippen molar-refractivity contribution in [3.63, 3.8) is 0 Å². The van der Waals surface area contributed by atoms with Gasteiger partial charge in [0.2, 0.25) is 0 Å². The molecule has 0 aliphatic carbocycles. The third-order valence-electron chi connectivity index (χ3n) is 0. The maximum atomic E-state index is 0. The predicted octanol–water partition coefficient (Wildman–Crippen LogP) is -0.0325. The summed E-state index contributed by atoms with van der Waals surface area (Å²) in [5.41, 5.74) is 0. The van der Waals surface area contributed by atoms with Gasteiger partial charge in [-0.2, -0.15) is 0 Å². The van der Waals surface area contributed by atoms with E-state index in [0.29, 0.717) is 0 Å². The fourth-order valence-electron chi connectivity index (χ4n) is 0. The fraction of sp³-hybridized carbons (Fsp3) is 0. The molecule has 0 amide bonds. The summed E-state index contributed by atoms with van der Waals surface area (Å²) in [5.74, 6) is 0. The predicted molar refractivity (Wildman–Crippen MR) is 0 cm³/mol. The van der Waals surface area contributed by atoms with Crippen LogP contribution in [-0.4, -0.2) is 0 Å². The maximum absolute atomic E-state index is 0. The third-order valence-corrected chi connectivity index (χ3v) is 0. The van der Waals surface area contributed by atoms with E-state index >= 15 is 0 Å². The largest absolute Gasteiger partial charge is 2.00 e. The van der Waals surface area contributed by atoms with E-state index < -0.39 is 0 Å². The van der Waals surface area contributed by atoms with E-state index in [9.17, 15) is 0 Å². The standard InChI is InChI=1S/8Cu.5Ni/q8*+1;5*+2. The van der Waals surface area contributed by atoms with E-state index in [4.69, 9.17) is 0 Å². The monoisotopic (exact) mass is 793 g/mol. The average molecular weight is 802 g/mol. The second-order valence-electron chi connectivity index (χ2n) is 0. The van der Waals surface area contributed by atoms with Crippen LogP contribution >= 0.6 is 0 Å². The molecule has 0 bridgehead atoms. The van der Waals surface area contributed by atoms with Gasteiger partial charge in [0.05, 0.1) is 0 Å². The first kappa shape index (κ1) is 155. The second-order valence-corrected chi connectivity index (χ2v) is 0. The van der Waals surface area contributed by atoms with Crippen molar-refractivity contribution in [2.24, 2.45) is 0 Å². The molecule has 0 rings (SSSR count). The molecule has 0 fully saturated rings. The molecule has 120 valence electrons. The minimum atomic E-state index is 0. The van der Waals surface area contributed by atoms with Crippen LogP contribution in [0.15, 0.2) is 0 Å². The summed E-state index contributed by atoms with van der Waals surface area (Å²) in [7, 11) is 0. The first-order valence-electron chi connectivity index (χ1n) is 0. The van der Waals surface area contributed by atoms with Gasteiger partial charge in [0.1, 0.15) is 0 Å². The Balaban J connectivity index is 0. The van der Waals surface area contributed by atoms with Crippen LogP contribution < -0.4 is 0 Å². The van der Waals surface area contributed by atoms with Crippen LogP contribution in [0.2, 0.25) is 0 Å². The Hall–Kier alpha value is 6.62. The number of hydrogen-bond acceptors (Lipinski definition) is 0. The van der Waals surface area contributed by atoms with Crippen molar-refractivity contribution in [1.29, 1.82) is 0 Å². The molecule has 0 unspecified atom stereocenters. The van der Waals surface area contributed by atoms with Gasteiger partial charge >= 0.3 is 219 Å². The molecule has 0 saturated heterocycles. The molecule has 0 nitrogen and oxygen atoms in total. The molecule has 0 aliphatic rings. The molecule has 0 heterocycles. The molecular weight excluding hydrogens is 802 g/mol. The first-order valence-corrected chi connectivity index (χ1v) is 0. The van der Waals surface area contributed by atoms with E-state index in [1.807, 2.05) is 0 Å². The van der Waals surface area contributed by atoms with Crippen LogP contribution in [0.3, 0.4) is 0 Å². The van der Waals surface area contributed by atoms with Crippen LogP contribution in [0.25, 0.3) is 0 Å². The van der Waals surface area contributed by atoms with E-state index in [-0.39, 0.29) is 219 Å². The van der Waals surface area contributed by atoms with Gasteiger partial charge in [-0.3, -0.25) is 0 Å². The van der Waals surface area contributed by atoms with Crippen molar-refractivity contribution in [2.75, 3.05) is 0 Å². The van der Waals surface area contributed by atoms with Crippen molar-refractivity contribution in [1.82, 2.24) is 0 Å². The van der Waals surface area contributed by atoms with Crippen LogP contribution in [-0.2, 0) is 219 Å². The normalized spacial score (nSPS) is 0. The molecule has 0 spiro atoms. The zero-order valence-corrected chi connectivity index (χ0v) is 16.5. The summed E-state index contributed by atoms with van der Waals surface area (Å²) < 4.78 is 0. The van der Waals surface area contributed by atoms with Gasteiger partial charge in [-0.1, -0.05) is 0 Å². The molecule has 0 aliphatic heterocycles. The quantitative estimate of drug-likeness (QED) is 0.303. The third kappa shape index (κ3) is 117. The molecular formula is Cu8Ni5+18. The van der Waals surface area contributed by atoms with Gasteiger partial charge in [0.25, 0.3) is 0 Å². The average Bonchev–Trinajstić information content (AvgIpc) is 0. The Morgan fingerprint density at radius 3 is 0.154 bits per heavy atom. The Labute approximate surface area is 214 Å². The molecule has 13 heavy (non-hydrogen) atoms. The summed E-state index contributed by atoms with van der Waals surface area (Å²) in [6, 6.07) is 0. The molecule has 0 radical (unpaired) electrons. The molecule has 13 heteroatoms. The molecule has 0 aromatic rings. The summed E-state index contributed by atoms with van der Waals surface area (Å²) in [4.78, 5) is 0. The zero-order valence-electron chi connectivity index (χ0n) is 3.99. The van der Waals surface area contributed by atoms with Gasteiger partial charge in [0.15, 0.2) is 0 Å². The van der Waals surface area contributed by atoms with Gasteiger partial charge in [-0.15, -0.1) is 0 Å². The summed E-state index contributed by atoms with van der Waals surface area (Å²) in [5, 5.41) is 0. The van der Waals surface area contributed by atoms with Gasteiger partial charge in [-0.25, -0.2) is 0 Å². The molecule has 0 N–H and O–H groups in total. The van der Waals surface area contributed by atoms with E-state index in [0.717, 1.165) is 0 Å².